The minimum Gasteiger partial charge on any atom is -0.465 e. The molecule has 2 saturated carbocycles. The summed E-state index contributed by atoms with van der Waals surface area (Å²) in [6, 6.07) is 12.3. The molecule has 0 radical (unpaired) electrons. The first-order valence-electron chi connectivity index (χ1n) is 17.4. The van der Waals surface area contributed by atoms with Gasteiger partial charge in [-0.15, -0.1) is 0 Å². The lowest BCUT2D eigenvalue weighted by Gasteiger charge is -2.29. The number of carbonyl (C=O) groups excluding carboxylic acids is 3. The van der Waals surface area contributed by atoms with Gasteiger partial charge >= 0.3 is 0 Å². The molecule has 3 fully saturated rings. The number of hydrogen-bond donors (Lipinski definition) is 1. The third-order valence-electron chi connectivity index (χ3n) is 11.0. The third-order valence-corrected chi connectivity index (χ3v) is 14.8. The summed E-state index contributed by atoms with van der Waals surface area (Å²) in [5.41, 5.74) is 0.501. The van der Waals surface area contributed by atoms with Crippen LogP contribution in [-0.2, 0) is 30.8 Å². The number of hydrogen-bond acceptors (Lipinski definition) is 8. The molecule has 2 aromatic carbocycles. The predicted molar refractivity (Wildman–Crippen MR) is 195 cm³/mol. The smallest absolute Gasteiger partial charge is 0.274 e. The van der Waals surface area contributed by atoms with Crippen LogP contribution in [0.2, 0.25) is 10.0 Å². The van der Waals surface area contributed by atoms with E-state index in [2.05, 4.69) is 9.71 Å². The zero-order valence-corrected chi connectivity index (χ0v) is 31.1. The molecule has 9 nitrogen and oxygen atoms in total. The Kier molecular flexibility index (Phi) is 9.82. The molecule has 2 aliphatic heterocycles. The van der Waals surface area contributed by atoms with Crippen molar-refractivity contribution in [1.82, 2.24) is 14.6 Å². The number of Topliss-reactive ketones (excluding diaryl/α,β-unsaturated/α-hetero) is 1. The topological polar surface area (TPSA) is 123 Å². The Labute approximate surface area is 306 Å². The van der Waals surface area contributed by atoms with Crippen molar-refractivity contribution in [3.05, 3.63) is 70.2 Å². The highest BCUT2D eigenvalue weighted by molar-refractivity contribution is 7.91. The Bertz CT molecular complexity index is 1930. The first-order valence-corrected chi connectivity index (χ1v) is 20.5. The molecule has 50 heavy (non-hydrogen) atoms. The normalized spacial score (nSPS) is 29.0. The summed E-state index contributed by atoms with van der Waals surface area (Å²) in [6.45, 7) is 1.83. The Morgan fingerprint density at radius 3 is 2.66 bits per heavy atom. The number of nitrogens with one attached hydrogen (secondary N) is 1. The summed E-state index contributed by atoms with van der Waals surface area (Å²) in [5.74, 6) is -1.72. The molecule has 1 N–H and O–H groups in total. The van der Waals surface area contributed by atoms with Crippen LogP contribution in [0.25, 0.3) is 10.2 Å². The summed E-state index contributed by atoms with van der Waals surface area (Å²) in [4.78, 5) is 49.1. The number of benzene rings is 2. The number of carbonyl (C=O) groups is 3. The second kappa shape index (κ2) is 13.9. The van der Waals surface area contributed by atoms with Gasteiger partial charge in [-0.25, -0.2) is 13.4 Å². The second-order valence-electron chi connectivity index (χ2n) is 14.6. The van der Waals surface area contributed by atoms with Crippen LogP contribution < -0.4 is 9.46 Å². The van der Waals surface area contributed by atoms with Gasteiger partial charge in [-0.05, 0) is 87.6 Å². The van der Waals surface area contributed by atoms with Crippen LogP contribution in [0.15, 0.2) is 54.6 Å². The standard InChI is InChI=1S/C37H41Cl2N3O6S2/c1-36(15-16-36)50(46,47)41-34(45)37-20-25(37)10-6-4-2-3-5-9-24(17-23-13-14-27(38)28(39)18-23)33(44)42-22-26(19-30(42)31(43)21-37)48-35-40-29-11-7-8-12-32(29)49-35/h6-8,10-14,18,24-26,30H,2-5,9,15-17,19-22H2,1H3,(H,41,45)/b10-6-/t24-,25-,26-,30+,37-/m1/s1. The SMILES string of the molecule is CC1(S(=O)(=O)NC(=O)[C@]23CC(=O)[C@@H]4C[C@@H](Oc5nc6ccccc6s5)CN4C(=O)[C@@H](Cc4ccc(Cl)c(Cl)c4)CCCCC/C=C\[C@@H]2C3)CC1. The average molecular weight is 759 g/mol. The van der Waals surface area contributed by atoms with Crippen LogP contribution in [0.3, 0.4) is 0 Å². The number of amides is 2. The van der Waals surface area contributed by atoms with Gasteiger partial charge in [0.05, 0.1) is 43.0 Å². The number of ketones is 1. The Morgan fingerprint density at radius 2 is 1.90 bits per heavy atom. The molecule has 3 aromatic rings. The fourth-order valence-electron chi connectivity index (χ4n) is 7.42. The van der Waals surface area contributed by atoms with Crippen LogP contribution in [0.1, 0.15) is 76.7 Å². The summed E-state index contributed by atoms with van der Waals surface area (Å²) < 4.78 is 35.0. The minimum atomic E-state index is -3.90. The summed E-state index contributed by atoms with van der Waals surface area (Å²) >= 11 is 14.0. The molecule has 3 heterocycles. The van der Waals surface area contributed by atoms with Gasteiger partial charge < -0.3 is 9.64 Å². The molecule has 7 rings (SSSR count). The number of fused-ring (bicyclic) bond motifs is 3. The molecule has 0 unspecified atom stereocenters. The van der Waals surface area contributed by atoms with Gasteiger partial charge in [-0.3, -0.25) is 19.1 Å². The monoisotopic (exact) mass is 757 g/mol. The summed E-state index contributed by atoms with van der Waals surface area (Å²) in [7, 11) is -3.90. The quantitative estimate of drug-likeness (QED) is 0.251. The van der Waals surface area contributed by atoms with Crippen molar-refractivity contribution in [2.24, 2.45) is 17.3 Å². The van der Waals surface area contributed by atoms with E-state index in [1.807, 2.05) is 42.5 Å². The predicted octanol–water partition coefficient (Wildman–Crippen LogP) is 7.29. The van der Waals surface area contributed by atoms with Crippen LogP contribution in [-0.4, -0.2) is 59.3 Å². The maximum atomic E-state index is 14.6. The largest absolute Gasteiger partial charge is 0.465 e. The zero-order chi connectivity index (χ0) is 35.3. The van der Waals surface area contributed by atoms with Gasteiger partial charge in [0.25, 0.3) is 5.19 Å². The minimum absolute atomic E-state index is 0.145. The molecule has 13 heteroatoms. The number of halogens is 2. The molecule has 2 amide bonds. The lowest BCUT2D eigenvalue weighted by atomic mass is 9.90. The van der Waals surface area contributed by atoms with E-state index in [9.17, 15) is 22.8 Å². The molecule has 0 bridgehead atoms. The highest BCUT2D eigenvalue weighted by atomic mass is 35.5. The van der Waals surface area contributed by atoms with E-state index in [4.69, 9.17) is 27.9 Å². The number of nitrogens with zero attached hydrogens (tertiary/aromatic N) is 2. The number of para-hydroxylation sites is 1. The van der Waals surface area contributed by atoms with Crippen molar-refractivity contribution in [3.63, 3.8) is 0 Å². The number of ether oxygens (including phenoxy) is 1. The molecule has 2 aliphatic carbocycles. The van der Waals surface area contributed by atoms with Crippen molar-refractivity contribution in [2.45, 2.75) is 94.4 Å². The van der Waals surface area contributed by atoms with Gasteiger partial charge in [0.2, 0.25) is 21.8 Å². The molecule has 1 aromatic heterocycles. The molecule has 1 saturated heterocycles. The van der Waals surface area contributed by atoms with Crippen molar-refractivity contribution in [2.75, 3.05) is 6.54 Å². The van der Waals surface area contributed by atoms with E-state index in [0.717, 1.165) is 41.5 Å². The number of allylic oxidation sites excluding steroid dienone is 2. The van der Waals surface area contributed by atoms with E-state index >= 15 is 0 Å². The highest BCUT2D eigenvalue weighted by Crippen LogP contribution is 2.57. The van der Waals surface area contributed by atoms with Crippen LogP contribution >= 0.6 is 34.5 Å². The van der Waals surface area contributed by atoms with Crippen molar-refractivity contribution < 1.29 is 27.5 Å². The molecule has 266 valence electrons. The van der Waals surface area contributed by atoms with Gasteiger partial charge in [-0.2, -0.15) is 0 Å². The molecule has 0 spiro atoms. The van der Waals surface area contributed by atoms with E-state index in [-0.39, 0.29) is 37.0 Å². The van der Waals surface area contributed by atoms with Gasteiger partial charge in [0, 0.05) is 18.8 Å². The van der Waals surface area contributed by atoms with E-state index in [0.29, 0.717) is 47.3 Å². The third kappa shape index (κ3) is 7.20. The number of thiazole rings is 1. The molecular weight excluding hydrogens is 717 g/mol. The molecule has 4 aliphatic rings. The van der Waals surface area contributed by atoms with Crippen LogP contribution in [0.4, 0.5) is 0 Å². The molecular formula is C37H41Cl2N3O6S2. The second-order valence-corrected chi connectivity index (χ2v) is 18.6. The fraction of sp³-hybridized carbons (Fsp3) is 0.514. The maximum Gasteiger partial charge on any atom is 0.274 e. The van der Waals surface area contributed by atoms with Gasteiger partial charge in [0.1, 0.15) is 6.10 Å². The maximum absolute atomic E-state index is 14.6. The Balaban J connectivity index is 1.19. The summed E-state index contributed by atoms with van der Waals surface area (Å²) in [5, 5.41) is 1.32. The number of aromatic nitrogens is 1. The number of sulfonamides is 1. The van der Waals surface area contributed by atoms with Gasteiger partial charge in [0.15, 0.2) is 5.78 Å². The highest BCUT2D eigenvalue weighted by Gasteiger charge is 2.62. The van der Waals surface area contributed by atoms with Crippen molar-refractivity contribution >= 4 is 72.4 Å². The van der Waals surface area contributed by atoms with Crippen molar-refractivity contribution in [3.8, 4) is 5.19 Å². The Morgan fingerprint density at radius 1 is 1.10 bits per heavy atom. The fourth-order valence-corrected chi connectivity index (χ4v) is 9.95. The van der Waals surface area contributed by atoms with Gasteiger partial charge in [-0.1, -0.05) is 77.7 Å². The van der Waals surface area contributed by atoms with E-state index < -0.39 is 44.2 Å². The van der Waals surface area contributed by atoms with Crippen molar-refractivity contribution in [1.29, 1.82) is 0 Å². The number of rotatable bonds is 7. The van der Waals surface area contributed by atoms with Crippen LogP contribution in [0.5, 0.6) is 5.19 Å². The first kappa shape index (κ1) is 35.4. The van der Waals surface area contributed by atoms with E-state index in [1.54, 1.807) is 24.0 Å². The molecule has 5 atom stereocenters. The first-order chi connectivity index (χ1) is 23.9. The lowest BCUT2D eigenvalue weighted by Crippen LogP contribution is -2.47. The average Bonchev–Trinajstić information content (AvgIpc) is 3.88. The lowest BCUT2D eigenvalue weighted by molar-refractivity contribution is -0.142. The van der Waals surface area contributed by atoms with E-state index in [1.165, 1.54) is 11.3 Å². The zero-order valence-electron chi connectivity index (χ0n) is 27.9. The Hall–Kier alpha value is -2.99. The van der Waals surface area contributed by atoms with Crippen LogP contribution in [0, 0.1) is 17.3 Å². The summed E-state index contributed by atoms with van der Waals surface area (Å²) in [6.07, 6.45) is 9.47.